The normalized spacial score (nSPS) is 17.3. The molecule has 0 unspecified atom stereocenters. The second-order valence-electron chi connectivity index (χ2n) is 7.28. The predicted octanol–water partition coefficient (Wildman–Crippen LogP) is 3.87. The molecule has 0 radical (unpaired) electrons. The molecule has 0 spiro atoms. The van der Waals surface area contributed by atoms with Crippen molar-refractivity contribution in [2.24, 2.45) is 5.92 Å². The van der Waals surface area contributed by atoms with Crippen molar-refractivity contribution in [2.45, 2.75) is 18.6 Å². The van der Waals surface area contributed by atoms with Gasteiger partial charge in [0.2, 0.25) is 15.9 Å². The van der Waals surface area contributed by atoms with Crippen LogP contribution in [-0.4, -0.2) is 44.9 Å². The fraction of sp³-hybridized carbons (Fsp3) is 0.381. The number of rotatable bonds is 8. The highest BCUT2D eigenvalue weighted by atomic mass is 35.5. The summed E-state index contributed by atoms with van der Waals surface area (Å²) in [5.74, 6) is -0.743. The van der Waals surface area contributed by atoms with Crippen LogP contribution in [0.2, 0.25) is 10.0 Å². The molecule has 1 amide bonds. The Morgan fingerprint density at radius 1 is 1.19 bits per heavy atom. The molecule has 1 saturated heterocycles. The van der Waals surface area contributed by atoms with Crippen LogP contribution < -0.4 is 10.1 Å². The number of piperidine rings is 1. The molecule has 6 nitrogen and oxygen atoms in total. The van der Waals surface area contributed by atoms with E-state index >= 15 is 0 Å². The first-order valence-corrected chi connectivity index (χ1v) is 12.2. The number of hydrogen-bond donors (Lipinski definition) is 1. The second-order valence-corrected chi connectivity index (χ2v) is 10.1. The minimum Gasteiger partial charge on any atom is -0.492 e. The summed E-state index contributed by atoms with van der Waals surface area (Å²) >= 11 is 12.0. The van der Waals surface area contributed by atoms with Gasteiger partial charge in [-0.05, 0) is 54.8 Å². The van der Waals surface area contributed by atoms with Gasteiger partial charge in [0, 0.05) is 23.1 Å². The molecule has 2 aromatic carbocycles. The maximum Gasteiger partial charge on any atom is 0.224 e. The van der Waals surface area contributed by atoms with E-state index in [2.05, 4.69) is 5.32 Å². The Morgan fingerprint density at radius 3 is 2.65 bits per heavy atom. The molecular weight excluding hydrogens is 466 g/mol. The van der Waals surface area contributed by atoms with Crippen LogP contribution in [0.25, 0.3) is 0 Å². The highest BCUT2D eigenvalue weighted by molar-refractivity contribution is 7.88. The first-order valence-electron chi connectivity index (χ1n) is 9.82. The van der Waals surface area contributed by atoms with Crippen molar-refractivity contribution in [3.05, 3.63) is 63.9 Å². The van der Waals surface area contributed by atoms with E-state index in [1.54, 1.807) is 12.1 Å². The molecule has 0 bridgehead atoms. The molecule has 3 rings (SSSR count). The number of halogens is 3. The minimum atomic E-state index is -3.63. The molecule has 1 atom stereocenters. The van der Waals surface area contributed by atoms with Gasteiger partial charge in [-0.2, -0.15) is 0 Å². The van der Waals surface area contributed by atoms with Crippen molar-refractivity contribution < 1.29 is 22.3 Å². The number of carbonyl (C=O) groups excluding carboxylic acids is 1. The third kappa shape index (κ3) is 6.80. The van der Waals surface area contributed by atoms with Gasteiger partial charge in [-0.25, -0.2) is 17.1 Å². The van der Waals surface area contributed by atoms with Gasteiger partial charge in [-0.15, -0.1) is 0 Å². The van der Waals surface area contributed by atoms with Crippen molar-refractivity contribution in [3.63, 3.8) is 0 Å². The number of nitrogens with zero attached hydrogens (tertiary/aromatic N) is 1. The predicted molar refractivity (Wildman–Crippen MR) is 118 cm³/mol. The molecule has 0 saturated carbocycles. The smallest absolute Gasteiger partial charge is 0.224 e. The molecule has 1 aliphatic rings. The topological polar surface area (TPSA) is 75.7 Å². The molecule has 0 aromatic heterocycles. The SMILES string of the molecule is O=C(NCCOc1ccc(F)cc1)[C@H]1CCCN(S(=O)(=O)Cc2ccc(Cl)cc2Cl)C1. The average molecular weight is 489 g/mol. The number of nitrogens with one attached hydrogen (secondary N) is 1. The van der Waals surface area contributed by atoms with Gasteiger partial charge in [0.25, 0.3) is 0 Å². The molecule has 0 aliphatic carbocycles. The highest BCUT2D eigenvalue weighted by Crippen LogP contribution is 2.26. The van der Waals surface area contributed by atoms with Crippen LogP contribution >= 0.6 is 23.2 Å². The van der Waals surface area contributed by atoms with E-state index in [1.807, 2.05) is 0 Å². The van der Waals surface area contributed by atoms with Crippen LogP contribution in [-0.2, 0) is 20.6 Å². The van der Waals surface area contributed by atoms with Crippen molar-refractivity contribution in [1.29, 1.82) is 0 Å². The molecular formula is C21H23Cl2FN2O4S. The zero-order chi connectivity index (χ0) is 22.4. The van der Waals surface area contributed by atoms with Crippen molar-refractivity contribution >= 4 is 39.1 Å². The lowest BCUT2D eigenvalue weighted by molar-refractivity contribution is -0.126. The van der Waals surface area contributed by atoms with Gasteiger partial charge in [0.05, 0.1) is 18.2 Å². The van der Waals surface area contributed by atoms with E-state index in [0.717, 1.165) is 0 Å². The van der Waals surface area contributed by atoms with Gasteiger partial charge in [-0.1, -0.05) is 29.3 Å². The molecule has 1 N–H and O–H groups in total. The lowest BCUT2D eigenvalue weighted by atomic mass is 9.99. The Labute approximate surface area is 191 Å². The first kappa shape index (κ1) is 23.8. The molecule has 1 heterocycles. The van der Waals surface area contributed by atoms with Crippen LogP contribution in [0, 0.1) is 11.7 Å². The van der Waals surface area contributed by atoms with Gasteiger partial charge >= 0.3 is 0 Å². The summed E-state index contributed by atoms with van der Waals surface area (Å²) in [7, 11) is -3.63. The minimum absolute atomic E-state index is 0.123. The zero-order valence-corrected chi connectivity index (χ0v) is 19.0. The second kappa shape index (κ2) is 10.6. The zero-order valence-electron chi connectivity index (χ0n) is 16.7. The maximum atomic E-state index is 12.9. The average Bonchev–Trinajstić information content (AvgIpc) is 2.74. The summed E-state index contributed by atoms with van der Waals surface area (Å²) in [4.78, 5) is 12.5. The third-order valence-electron chi connectivity index (χ3n) is 4.98. The standard InChI is InChI=1S/C21H23Cl2FN2O4S/c22-17-4-3-16(20(23)12-17)14-31(28,29)26-10-1-2-15(13-26)21(27)25-9-11-30-19-7-5-18(24)6-8-19/h3-8,12,15H,1-2,9-11,13-14H2,(H,25,27)/t15-/m0/s1. The number of benzene rings is 2. The Balaban J connectivity index is 1.50. The summed E-state index contributed by atoms with van der Waals surface area (Å²) in [5, 5.41) is 3.51. The van der Waals surface area contributed by atoms with Crippen LogP contribution in [0.5, 0.6) is 5.75 Å². The van der Waals surface area contributed by atoms with Crippen LogP contribution in [0.3, 0.4) is 0 Å². The van der Waals surface area contributed by atoms with Crippen molar-refractivity contribution in [3.8, 4) is 5.75 Å². The summed E-state index contributed by atoms with van der Waals surface area (Å²) in [6.45, 7) is 0.976. The van der Waals surface area contributed by atoms with E-state index in [1.165, 1.54) is 34.6 Å². The quantitative estimate of drug-likeness (QED) is 0.572. The number of sulfonamides is 1. The van der Waals surface area contributed by atoms with Crippen molar-refractivity contribution in [1.82, 2.24) is 9.62 Å². The Hall–Kier alpha value is -1.87. The fourth-order valence-electron chi connectivity index (χ4n) is 3.35. The summed E-state index contributed by atoms with van der Waals surface area (Å²) < 4.78 is 45.4. The summed E-state index contributed by atoms with van der Waals surface area (Å²) in [5.41, 5.74) is 0.468. The molecule has 1 aliphatic heterocycles. The number of hydrogen-bond acceptors (Lipinski definition) is 4. The van der Waals surface area contributed by atoms with Gasteiger partial charge in [0.1, 0.15) is 18.2 Å². The number of ether oxygens (including phenoxy) is 1. The van der Waals surface area contributed by atoms with Crippen LogP contribution in [0.4, 0.5) is 4.39 Å². The van der Waals surface area contributed by atoms with Gasteiger partial charge in [0.15, 0.2) is 0 Å². The van der Waals surface area contributed by atoms with Crippen LogP contribution in [0.1, 0.15) is 18.4 Å². The molecule has 1 fully saturated rings. The van der Waals surface area contributed by atoms with Gasteiger partial charge in [-0.3, -0.25) is 4.79 Å². The van der Waals surface area contributed by atoms with E-state index in [-0.39, 0.29) is 37.2 Å². The fourth-order valence-corrected chi connectivity index (χ4v) is 5.55. The summed E-state index contributed by atoms with van der Waals surface area (Å²) in [6.07, 6.45) is 1.20. The van der Waals surface area contributed by atoms with E-state index in [4.69, 9.17) is 27.9 Å². The lowest BCUT2D eigenvalue weighted by Crippen LogP contribution is -2.46. The van der Waals surface area contributed by atoms with Gasteiger partial charge < -0.3 is 10.1 Å². The highest BCUT2D eigenvalue weighted by Gasteiger charge is 2.32. The Kier molecular flexibility index (Phi) is 8.16. The molecule has 168 valence electrons. The Morgan fingerprint density at radius 2 is 1.94 bits per heavy atom. The Bertz CT molecular complexity index is 1020. The lowest BCUT2D eigenvalue weighted by Gasteiger charge is -2.31. The molecule has 2 aromatic rings. The van der Waals surface area contributed by atoms with E-state index in [9.17, 15) is 17.6 Å². The van der Waals surface area contributed by atoms with E-state index < -0.39 is 15.9 Å². The first-order chi connectivity index (χ1) is 14.7. The number of amides is 1. The molecule has 31 heavy (non-hydrogen) atoms. The van der Waals surface area contributed by atoms with Crippen LogP contribution in [0.15, 0.2) is 42.5 Å². The monoisotopic (exact) mass is 488 g/mol. The largest absolute Gasteiger partial charge is 0.492 e. The third-order valence-corrected chi connectivity index (χ3v) is 7.37. The van der Waals surface area contributed by atoms with E-state index in [0.29, 0.717) is 40.7 Å². The maximum absolute atomic E-state index is 12.9. The summed E-state index contributed by atoms with van der Waals surface area (Å²) in [6, 6.07) is 10.3. The van der Waals surface area contributed by atoms with Crippen molar-refractivity contribution in [2.75, 3.05) is 26.2 Å². The number of carbonyl (C=O) groups is 1. The molecule has 10 heteroatoms.